The smallest absolute Gasteiger partial charge is 0.245 e. The summed E-state index contributed by atoms with van der Waals surface area (Å²) in [6.45, 7) is 8.51. The van der Waals surface area contributed by atoms with Crippen LogP contribution in [-0.2, 0) is 21.4 Å². The SMILES string of the molecule is C=C1C=Cc2cc(S(=O)(=O)N[C@@H](C(=O)N(CCC)Cc3cccs3)c3ccccc3OC)c(C)cc2N1. The lowest BCUT2D eigenvalue weighted by atomic mass is 10.0. The van der Waals surface area contributed by atoms with E-state index in [1.165, 1.54) is 7.11 Å². The highest BCUT2D eigenvalue weighted by Gasteiger charge is 2.33. The number of para-hydroxylation sites is 1. The molecule has 2 N–H and O–H groups in total. The molecule has 1 amide bonds. The van der Waals surface area contributed by atoms with Crippen molar-refractivity contribution in [1.82, 2.24) is 9.62 Å². The van der Waals surface area contributed by atoms with Gasteiger partial charge in [0.2, 0.25) is 15.9 Å². The lowest BCUT2D eigenvalue weighted by Crippen LogP contribution is -2.43. The Morgan fingerprint density at radius 3 is 2.68 bits per heavy atom. The maximum Gasteiger partial charge on any atom is 0.245 e. The molecular weight excluding hydrogens is 506 g/mol. The molecule has 0 aliphatic carbocycles. The van der Waals surface area contributed by atoms with Crippen LogP contribution in [0.2, 0.25) is 0 Å². The standard InChI is InChI=1S/C28H31N3O4S2/c1-5-14-31(18-22-9-8-15-36-22)28(32)27(23-10-6-7-11-25(23)35-4)30-37(33,34)26-17-21-13-12-20(3)29-24(21)16-19(26)2/h6-13,15-17,27,29-30H,3,5,14,18H2,1-2,4H3/t27-/m1/s1. The zero-order valence-electron chi connectivity index (χ0n) is 21.2. The number of amides is 1. The molecule has 0 fully saturated rings. The first-order valence-corrected chi connectivity index (χ1v) is 14.3. The largest absolute Gasteiger partial charge is 0.496 e. The first-order chi connectivity index (χ1) is 17.7. The van der Waals surface area contributed by atoms with Crippen LogP contribution < -0.4 is 14.8 Å². The number of anilines is 1. The minimum Gasteiger partial charge on any atom is -0.496 e. The Bertz CT molecular complexity index is 1430. The maximum atomic E-state index is 14.0. The van der Waals surface area contributed by atoms with Gasteiger partial charge in [0.05, 0.1) is 18.6 Å². The van der Waals surface area contributed by atoms with E-state index in [1.54, 1.807) is 65.6 Å². The number of fused-ring (bicyclic) bond motifs is 1. The van der Waals surface area contributed by atoms with E-state index in [-0.39, 0.29) is 10.8 Å². The van der Waals surface area contributed by atoms with Crippen molar-refractivity contribution in [3.05, 3.63) is 93.8 Å². The second kappa shape index (κ2) is 11.3. The molecule has 0 radical (unpaired) electrons. The van der Waals surface area contributed by atoms with Crippen LogP contribution in [0.15, 0.2) is 77.2 Å². The van der Waals surface area contributed by atoms with Gasteiger partial charge in [-0.15, -0.1) is 11.3 Å². The second-order valence-electron chi connectivity index (χ2n) is 8.82. The highest BCUT2D eigenvalue weighted by atomic mass is 32.2. The van der Waals surface area contributed by atoms with Crippen molar-refractivity contribution >= 4 is 39.0 Å². The summed E-state index contributed by atoms with van der Waals surface area (Å²) in [5.74, 6) is 0.0979. The van der Waals surface area contributed by atoms with Gasteiger partial charge in [0.25, 0.3) is 0 Å². The van der Waals surface area contributed by atoms with E-state index in [2.05, 4.69) is 16.6 Å². The summed E-state index contributed by atoms with van der Waals surface area (Å²) >= 11 is 1.56. The number of allylic oxidation sites excluding steroid dienone is 1. The Balaban J connectivity index is 1.75. The summed E-state index contributed by atoms with van der Waals surface area (Å²) in [5.41, 5.74) is 3.25. The van der Waals surface area contributed by atoms with Crippen LogP contribution in [0.4, 0.5) is 5.69 Å². The van der Waals surface area contributed by atoms with Crippen LogP contribution >= 0.6 is 11.3 Å². The van der Waals surface area contributed by atoms with Crippen molar-refractivity contribution in [3.8, 4) is 5.75 Å². The van der Waals surface area contributed by atoms with Gasteiger partial charge in [0, 0.05) is 28.4 Å². The van der Waals surface area contributed by atoms with Crippen LogP contribution in [0.1, 0.15) is 41.0 Å². The third kappa shape index (κ3) is 5.95. The quantitative estimate of drug-likeness (QED) is 0.358. The van der Waals surface area contributed by atoms with Gasteiger partial charge in [-0.2, -0.15) is 4.72 Å². The predicted octanol–water partition coefficient (Wildman–Crippen LogP) is 5.48. The summed E-state index contributed by atoms with van der Waals surface area (Å²) in [6.07, 6.45) is 4.34. The lowest BCUT2D eigenvalue weighted by molar-refractivity contribution is -0.133. The Kier molecular flexibility index (Phi) is 8.16. The normalized spacial score (nSPS) is 13.5. The van der Waals surface area contributed by atoms with E-state index in [9.17, 15) is 13.2 Å². The molecule has 3 aromatic rings. The number of rotatable bonds is 10. The maximum absolute atomic E-state index is 14.0. The number of benzene rings is 2. The Morgan fingerprint density at radius 2 is 1.97 bits per heavy atom. The summed E-state index contributed by atoms with van der Waals surface area (Å²) in [5, 5.41) is 5.12. The van der Waals surface area contributed by atoms with Crippen LogP contribution in [0.3, 0.4) is 0 Å². The van der Waals surface area contributed by atoms with E-state index < -0.39 is 16.1 Å². The molecule has 194 valence electrons. The summed E-state index contributed by atoms with van der Waals surface area (Å²) in [7, 11) is -2.60. The average Bonchev–Trinajstić information content (AvgIpc) is 3.39. The van der Waals surface area contributed by atoms with Gasteiger partial charge in [-0.05, 0) is 60.2 Å². The number of sulfonamides is 1. The number of nitrogens with one attached hydrogen (secondary N) is 2. The van der Waals surface area contributed by atoms with E-state index in [0.717, 1.165) is 28.2 Å². The molecule has 0 unspecified atom stereocenters. The fourth-order valence-corrected chi connectivity index (χ4v) is 6.47. The molecule has 7 nitrogen and oxygen atoms in total. The van der Waals surface area contributed by atoms with Gasteiger partial charge in [-0.1, -0.05) is 43.8 Å². The van der Waals surface area contributed by atoms with E-state index in [4.69, 9.17) is 4.74 Å². The molecule has 4 rings (SSSR count). The number of thiophene rings is 1. The van der Waals surface area contributed by atoms with Gasteiger partial charge in [0.15, 0.2) is 0 Å². The number of carbonyl (C=O) groups is 1. The Morgan fingerprint density at radius 1 is 1.19 bits per heavy atom. The first-order valence-electron chi connectivity index (χ1n) is 12.0. The third-order valence-corrected chi connectivity index (χ3v) is 8.52. The van der Waals surface area contributed by atoms with Gasteiger partial charge in [0.1, 0.15) is 11.8 Å². The first kappa shape index (κ1) is 26.7. The molecule has 2 aromatic carbocycles. The number of carbonyl (C=O) groups excluding carboxylic acids is 1. The van der Waals surface area contributed by atoms with Crippen LogP contribution in [0.5, 0.6) is 5.75 Å². The Hall–Kier alpha value is -3.40. The van der Waals surface area contributed by atoms with Gasteiger partial charge in [-0.25, -0.2) is 8.42 Å². The van der Waals surface area contributed by atoms with Crippen molar-refractivity contribution in [3.63, 3.8) is 0 Å². The highest BCUT2D eigenvalue weighted by Crippen LogP contribution is 2.32. The topological polar surface area (TPSA) is 87.7 Å². The summed E-state index contributed by atoms with van der Waals surface area (Å²) in [6, 6.07) is 13.1. The van der Waals surface area contributed by atoms with Crippen LogP contribution in [-0.4, -0.2) is 32.9 Å². The molecule has 37 heavy (non-hydrogen) atoms. The number of ether oxygens (including phenoxy) is 1. The van der Waals surface area contributed by atoms with E-state index in [0.29, 0.717) is 30.0 Å². The number of hydrogen-bond donors (Lipinski definition) is 2. The van der Waals surface area contributed by atoms with Gasteiger partial charge in [-0.3, -0.25) is 4.79 Å². The number of aryl methyl sites for hydroxylation is 1. The van der Waals surface area contributed by atoms with Crippen molar-refractivity contribution < 1.29 is 17.9 Å². The summed E-state index contributed by atoms with van der Waals surface area (Å²) in [4.78, 5) is 16.8. The van der Waals surface area contributed by atoms with Crippen molar-refractivity contribution in [2.75, 3.05) is 19.0 Å². The van der Waals surface area contributed by atoms with Crippen molar-refractivity contribution in [2.45, 2.75) is 37.8 Å². The molecular formula is C28H31N3O4S2. The van der Waals surface area contributed by atoms with E-state index >= 15 is 0 Å². The molecule has 0 bridgehead atoms. The lowest BCUT2D eigenvalue weighted by Gasteiger charge is -2.28. The number of hydrogen-bond acceptors (Lipinski definition) is 6. The molecule has 0 saturated carbocycles. The second-order valence-corrected chi connectivity index (χ2v) is 11.5. The molecule has 1 aliphatic heterocycles. The van der Waals surface area contributed by atoms with Crippen molar-refractivity contribution in [1.29, 1.82) is 0 Å². The Labute approximate surface area is 222 Å². The molecule has 1 aromatic heterocycles. The molecule has 9 heteroatoms. The number of nitrogens with zero attached hydrogens (tertiary/aromatic N) is 1. The fourth-order valence-electron chi connectivity index (χ4n) is 4.33. The third-order valence-electron chi connectivity index (χ3n) is 6.10. The summed E-state index contributed by atoms with van der Waals surface area (Å²) < 4.78 is 35.9. The monoisotopic (exact) mass is 537 g/mol. The molecule has 1 atom stereocenters. The minimum absolute atomic E-state index is 0.109. The van der Waals surface area contributed by atoms with Crippen LogP contribution in [0.25, 0.3) is 6.08 Å². The fraction of sp³-hybridized carbons (Fsp3) is 0.250. The number of methoxy groups -OCH3 is 1. The molecule has 1 aliphatic rings. The van der Waals surface area contributed by atoms with E-state index in [1.807, 2.05) is 30.5 Å². The molecule has 0 saturated heterocycles. The van der Waals surface area contributed by atoms with Crippen molar-refractivity contribution in [2.24, 2.45) is 0 Å². The average molecular weight is 538 g/mol. The minimum atomic E-state index is -4.10. The van der Waals surface area contributed by atoms with Gasteiger partial charge < -0.3 is 15.0 Å². The van der Waals surface area contributed by atoms with Gasteiger partial charge >= 0.3 is 0 Å². The zero-order chi connectivity index (χ0) is 26.6. The zero-order valence-corrected chi connectivity index (χ0v) is 22.8. The van der Waals surface area contributed by atoms with Crippen LogP contribution in [0, 0.1) is 6.92 Å². The molecule has 2 heterocycles. The highest BCUT2D eigenvalue weighted by molar-refractivity contribution is 7.89. The molecule has 0 spiro atoms. The predicted molar refractivity (Wildman–Crippen MR) is 149 cm³/mol.